The number of amidine groups is 1. The van der Waals surface area contributed by atoms with E-state index in [1.807, 2.05) is 24.3 Å². The number of ether oxygens (including phenoxy) is 1. The van der Waals surface area contributed by atoms with Crippen molar-refractivity contribution >= 4 is 63.2 Å². The van der Waals surface area contributed by atoms with Crippen LogP contribution in [-0.4, -0.2) is 28.8 Å². The molecule has 1 saturated heterocycles. The molecule has 2 N–H and O–H groups in total. The number of amides is 1. The molecule has 6 nitrogen and oxygen atoms in total. The van der Waals surface area contributed by atoms with Gasteiger partial charge >= 0.3 is 5.97 Å². The number of thioether (sulfide) groups is 1. The minimum absolute atomic E-state index is 0.203. The third-order valence-electron chi connectivity index (χ3n) is 3.27. The highest BCUT2D eigenvalue weighted by atomic mass is 127. The lowest BCUT2D eigenvalue weighted by Gasteiger charge is -2.03. The Bertz CT molecular complexity index is 910. The van der Waals surface area contributed by atoms with Crippen molar-refractivity contribution in [2.45, 2.75) is 0 Å². The van der Waals surface area contributed by atoms with E-state index in [1.54, 1.807) is 30.3 Å². The van der Waals surface area contributed by atoms with Gasteiger partial charge in [-0.05, 0) is 70.3 Å². The second-order valence-electron chi connectivity index (χ2n) is 5.18. The van der Waals surface area contributed by atoms with Crippen LogP contribution in [0.3, 0.4) is 0 Å². The van der Waals surface area contributed by atoms with Gasteiger partial charge in [0.25, 0.3) is 5.91 Å². The summed E-state index contributed by atoms with van der Waals surface area (Å²) in [4.78, 5) is 27.6. The van der Waals surface area contributed by atoms with Crippen molar-refractivity contribution in [1.82, 2.24) is 5.32 Å². The molecule has 1 aliphatic heterocycles. The number of carboxylic acids is 1. The largest absolute Gasteiger partial charge is 0.482 e. The smallest absolute Gasteiger partial charge is 0.341 e. The summed E-state index contributed by atoms with van der Waals surface area (Å²) in [5.41, 5.74) is 1.61. The fourth-order valence-electron chi connectivity index (χ4n) is 2.09. The minimum Gasteiger partial charge on any atom is -0.482 e. The van der Waals surface area contributed by atoms with E-state index in [2.05, 4.69) is 32.9 Å². The molecule has 0 aromatic heterocycles. The number of carbonyl (C=O) groups is 2. The molecule has 2 aromatic carbocycles. The van der Waals surface area contributed by atoms with Crippen LogP contribution in [0.15, 0.2) is 58.4 Å². The maximum Gasteiger partial charge on any atom is 0.341 e. The molecule has 0 aliphatic carbocycles. The summed E-state index contributed by atoms with van der Waals surface area (Å²) in [5, 5.41) is 11.9. The number of para-hydroxylation sites is 1. The molecule has 8 heteroatoms. The van der Waals surface area contributed by atoms with Crippen LogP contribution in [-0.2, 0) is 9.59 Å². The van der Waals surface area contributed by atoms with E-state index in [9.17, 15) is 9.59 Å². The van der Waals surface area contributed by atoms with Crippen molar-refractivity contribution < 1.29 is 19.4 Å². The Morgan fingerprint density at radius 2 is 1.96 bits per heavy atom. The van der Waals surface area contributed by atoms with Crippen LogP contribution in [0.5, 0.6) is 5.75 Å². The predicted molar refractivity (Wildman–Crippen MR) is 110 cm³/mol. The number of nitrogens with one attached hydrogen (secondary N) is 1. The standard InChI is InChI=1S/C18H13IN2O4S/c19-13-3-1-2-4-14(13)20-18-21-17(24)15(26-18)9-11-5-7-12(8-6-11)25-10-16(22)23/h1-9H,10H2,(H,22,23)(H,20,21,24)/b15-9+. The minimum atomic E-state index is -1.03. The summed E-state index contributed by atoms with van der Waals surface area (Å²) in [6, 6.07) is 14.5. The average molecular weight is 480 g/mol. The number of aliphatic imine (C=N–C) groups is 1. The second kappa shape index (κ2) is 8.37. The number of hydrogen-bond acceptors (Lipinski definition) is 5. The quantitative estimate of drug-likeness (QED) is 0.504. The van der Waals surface area contributed by atoms with Crippen molar-refractivity contribution in [1.29, 1.82) is 0 Å². The van der Waals surface area contributed by atoms with Gasteiger partial charge in [0.1, 0.15) is 5.75 Å². The number of nitrogens with zero attached hydrogens (tertiary/aromatic N) is 1. The van der Waals surface area contributed by atoms with Crippen LogP contribution in [0.1, 0.15) is 5.56 Å². The zero-order valence-electron chi connectivity index (χ0n) is 13.3. The Kier molecular flexibility index (Phi) is 5.94. The van der Waals surface area contributed by atoms with Gasteiger partial charge in [0.2, 0.25) is 0 Å². The predicted octanol–water partition coefficient (Wildman–Crippen LogP) is 3.65. The van der Waals surface area contributed by atoms with Crippen molar-refractivity contribution in [2.24, 2.45) is 4.99 Å². The molecule has 0 spiro atoms. The third-order valence-corrected chi connectivity index (χ3v) is 5.09. The van der Waals surface area contributed by atoms with Crippen molar-refractivity contribution in [3.8, 4) is 5.75 Å². The highest BCUT2D eigenvalue weighted by Crippen LogP contribution is 2.29. The van der Waals surface area contributed by atoms with Crippen LogP contribution < -0.4 is 10.1 Å². The molecular weight excluding hydrogens is 467 g/mol. The van der Waals surface area contributed by atoms with Crippen LogP contribution in [0.2, 0.25) is 0 Å². The van der Waals surface area contributed by atoms with Gasteiger partial charge in [0, 0.05) is 3.57 Å². The molecular formula is C18H13IN2O4S. The number of rotatable bonds is 5. The molecule has 0 bridgehead atoms. The lowest BCUT2D eigenvalue weighted by molar-refractivity contribution is -0.139. The first kappa shape index (κ1) is 18.5. The van der Waals surface area contributed by atoms with Gasteiger partial charge < -0.3 is 15.2 Å². The molecule has 26 heavy (non-hydrogen) atoms. The average Bonchev–Trinajstić information content (AvgIpc) is 2.95. The molecule has 1 heterocycles. The first-order valence-corrected chi connectivity index (χ1v) is 9.39. The first-order valence-electron chi connectivity index (χ1n) is 7.50. The summed E-state index contributed by atoms with van der Waals surface area (Å²) in [5.74, 6) is -0.778. The lowest BCUT2D eigenvalue weighted by atomic mass is 10.2. The molecule has 1 amide bonds. The molecule has 132 valence electrons. The Morgan fingerprint density at radius 1 is 1.23 bits per heavy atom. The Balaban J connectivity index is 1.72. The van der Waals surface area contributed by atoms with E-state index in [4.69, 9.17) is 9.84 Å². The van der Waals surface area contributed by atoms with Crippen LogP contribution in [0, 0.1) is 3.57 Å². The van der Waals surface area contributed by atoms with E-state index >= 15 is 0 Å². The summed E-state index contributed by atoms with van der Waals surface area (Å²) < 4.78 is 6.09. The van der Waals surface area contributed by atoms with Crippen LogP contribution in [0.25, 0.3) is 6.08 Å². The maximum atomic E-state index is 12.1. The van der Waals surface area contributed by atoms with Crippen molar-refractivity contribution in [3.05, 3.63) is 62.6 Å². The molecule has 0 unspecified atom stereocenters. The Labute approximate surface area is 167 Å². The summed E-state index contributed by atoms with van der Waals surface area (Å²) >= 11 is 3.47. The van der Waals surface area contributed by atoms with Crippen LogP contribution in [0.4, 0.5) is 5.69 Å². The van der Waals surface area contributed by atoms with E-state index < -0.39 is 12.6 Å². The van der Waals surface area contributed by atoms with Crippen molar-refractivity contribution in [3.63, 3.8) is 0 Å². The van der Waals surface area contributed by atoms with Crippen LogP contribution >= 0.6 is 34.4 Å². The topological polar surface area (TPSA) is 88.0 Å². The lowest BCUT2D eigenvalue weighted by Crippen LogP contribution is -2.19. The SMILES string of the molecule is O=C(O)COc1ccc(/C=C2/SC(=Nc3ccccc3I)NC2=O)cc1. The highest BCUT2D eigenvalue weighted by molar-refractivity contribution is 14.1. The van der Waals surface area contributed by atoms with Gasteiger partial charge in [-0.25, -0.2) is 9.79 Å². The van der Waals surface area contributed by atoms with E-state index in [1.165, 1.54) is 11.8 Å². The number of halogens is 1. The van der Waals surface area contributed by atoms with E-state index in [0.717, 1.165) is 14.8 Å². The normalized spacial score (nSPS) is 16.7. The van der Waals surface area contributed by atoms with Gasteiger partial charge in [-0.2, -0.15) is 0 Å². The maximum absolute atomic E-state index is 12.1. The fraction of sp³-hybridized carbons (Fsp3) is 0.0556. The number of carbonyl (C=O) groups excluding carboxylic acids is 1. The molecule has 1 fully saturated rings. The number of hydrogen-bond donors (Lipinski definition) is 2. The van der Waals surface area contributed by atoms with Gasteiger partial charge in [-0.1, -0.05) is 24.3 Å². The van der Waals surface area contributed by atoms with Gasteiger partial charge in [-0.3, -0.25) is 4.79 Å². The third kappa shape index (κ3) is 4.85. The first-order chi connectivity index (χ1) is 12.5. The second-order valence-corrected chi connectivity index (χ2v) is 7.38. The number of benzene rings is 2. The van der Waals surface area contributed by atoms with E-state index in [-0.39, 0.29) is 5.91 Å². The molecule has 0 atom stereocenters. The Morgan fingerprint density at radius 3 is 2.65 bits per heavy atom. The van der Waals surface area contributed by atoms with E-state index in [0.29, 0.717) is 15.8 Å². The van der Waals surface area contributed by atoms with Gasteiger partial charge in [-0.15, -0.1) is 0 Å². The zero-order valence-corrected chi connectivity index (χ0v) is 16.3. The summed E-state index contributed by atoms with van der Waals surface area (Å²) in [6.45, 7) is -0.392. The number of aliphatic carboxylic acids is 1. The zero-order chi connectivity index (χ0) is 18.5. The van der Waals surface area contributed by atoms with Gasteiger partial charge in [0.15, 0.2) is 11.8 Å². The fourth-order valence-corrected chi connectivity index (χ4v) is 3.43. The Hall–Kier alpha value is -2.33. The molecule has 3 rings (SSSR count). The summed E-state index contributed by atoms with van der Waals surface area (Å²) in [7, 11) is 0. The highest BCUT2D eigenvalue weighted by Gasteiger charge is 2.23. The molecule has 0 radical (unpaired) electrons. The van der Waals surface area contributed by atoms with Gasteiger partial charge in [0.05, 0.1) is 10.6 Å². The molecule has 2 aromatic rings. The molecule has 1 aliphatic rings. The summed E-state index contributed by atoms with van der Waals surface area (Å²) in [6.07, 6.45) is 1.75. The molecule has 0 saturated carbocycles. The monoisotopic (exact) mass is 480 g/mol. The number of carboxylic acid groups (broad SMARTS) is 1. The van der Waals surface area contributed by atoms with Crippen molar-refractivity contribution in [2.75, 3.05) is 6.61 Å².